The fraction of sp³-hybridized carbons (Fsp3) is 0.650. The first-order valence-electron chi connectivity index (χ1n) is 10.0. The van der Waals surface area contributed by atoms with E-state index in [1.807, 2.05) is 0 Å². The van der Waals surface area contributed by atoms with Crippen molar-refractivity contribution < 1.29 is 4.79 Å². The minimum atomic E-state index is -0.360. The van der Waals surface area contributed by atoms with Gasteiger partial charge in [-0.2, -0.15) is 0 Å². The van der Waals surface area contributed by atoms with Crippen LogP contribution in [0.5, 0.6) is 0 Å². The molecule has 0 spiro atoms. The number of nitrogens with one attached hydrogen (secondary N) is 2. The highest BCUT2D eigenvalue weighted by atomic mass is 32.1. The largest absolute Gasteiger partial charge is 0.356 e. The third-order valence-corrected chi connectivity index (χ3v) is 5.91. The molecule has 7 heteroatoms. The number of fused-ring (bicyclic) bond motifs is 1. The number of carbonyl (C=O) groups is 1. The predicted octanol–water partition coefficient (Wildman–Crippen LogP) is 3.64. The maximum Gasteiger partial charge on any atom is 0.328 e. The number of carbonyl (C=O) groups excluding carboxylic acids is 1. The highest BCUT2D eigenvalue weighted by Crippen LogP contribution is 2.13. The van der Waals surface area contributed by atoms with Gasteiger partial charge in [0, 0.05) is 19.5 Å². The predicted molar refractivity (Wildman–Crippen MR) is 111 cm³/mol. The van der Waals surface area contributed by atoms with E-state index in [-0.39, 0.29) is 17.2 Å². The number of amides is 1. The van der Waals surface area contributed by atoms with Gasteiger partial charge in [-0.15, -0.1) is 11.3 Å². The van der Waals surface area contributed by atoms with E-state index in [4.69, 9.17) is 0 Å². The van der Waals surface area contributed by atoms with E-state index in [0.717, 1.165) is 25.8 Å². The highest BCUT2D eigenvalue weighted by molar-refractivity contribution is 7.17. The minimum Gasteiger partial charge on any atom is -0.356 e. The maximum atomic E-state index is 12.3. The molecule has 0 aliphatic heterocycles. The smallest absolute Gasteiger partial charge is 0.328 e. The molecule has 2 N–H and O–H groups in total. The lowest BCUT2D eigenvalue weighted by Gasteiger charge is -2.15. The van der Waals surface area contributed by atoms with Crippen LogP contribution < -0.4 is 16.6 Å². The molecule has 0 radical (unpaired) electrons. The van der Waals surface area contributed by atoms with Gasteiger partial charge < -0.3 is 10.3 Å². The van der Waals surface area contributed by atoms with E-state index in [9.17, 15) is 14.4 Å². The number of hydrogen-bond acceptors (Lipinski definition) is 4. The molecule has 27 heavy (non-hydrogen) atoms. The summed E-state index contributed by atoms with van der Waals surface area (Å²) >= 11 is 1.34. The Balaban J connectivity index is 1.69. The summed E-state index contributed by atoms with van der Waals surface area (Å²) in [6.45, 7) is 5.51. The summed E-state index contributed by atoms with van der Waals surface area (Å²) in [4.78, 5) is 39.1. The lowest BCUT2D eigenvalue weighted by Crippen LogP contribution is -2.34. The van der Waals surface area contributed by atoms with Gasteiger partial charge in [0.05, 0.1) is 5.52 Å². The van der Waals surface area contributed by atoms with E-state index in [0.29, 0.717) is 35.5 Å². The zero-order valence-corrected chi connectivity index (χ0v) is 17.2. The van der Waals surface area contributed by atoms with Crippen LogP contribution in [-0.4, -0.2) is 22.0 Å². The van der Waals surface area contributed by atoms with E-state index in [1.54, 1.807) is 11.4 Å². The zero-order chi connectivity index (χ0) is 19.6. The van der Waals surface area contributed by atoms with E-state index in [2.05, 4.69) is 24.1 Å². The Labute approximate surface area is 164 Å². The average molecular weight is 394 g/mol. The fourth-order valence-electron chi connectivity index (χ4n) is 3.20. The average Bonchev–Trinajstić information content (AvgIpc) is 3.12. The molecule has 6 nitrogen and oxygen atoms in total. The van der Waals surface area contributed by atoms with Crippen molar-refractivity contribution in [1.29, 1.82) is 0 Å². The van der Waals surface area contributed by atoms with Gasteiger partial charge in [0.25, 0.3) is 5.56 Å². The molecule has 0 aliphatic carbocycles. The zero-order valence-electron chi connectivity index (χ0n) is 16.4. The number of aromatic amines is 1. The van der Waals surface area contributed by atoms with Crippen LogP contribution in [0.4, 0.5) is 0 Å². The number of thiophene rings is 1. The van der Waals surface area contributed by atoms with Crippen LogP contribution in [0.25, 0.3) is 10.2 Å². The molecule has 0 aliphatic rings. The van der Waals surface area contributed by atoms with Crippen LogP contribution in [0.15, 0.2) is 21.0 Å². The third kappa shape index (κ3) is 6.34. The van der Waals surface area contributed by atoms with Crippen LogP contribution in [-0.2, 0) is 11.3 Å². The molecule has 0 aromatic carbocycles. The van der Waals surface area contributed by atoms with Gasteiger partial charge >= 0.3 is 5.69 Å². The third-order valence-electron chi connectivity index (χ3n) is 5.01. The molecule has 0 saturated heterocycles. The van der Waals surface area contributed by atoms with Gasteiger partial charge in [0.15, 0.2) is 0 Å². The van der Waals surface area contributed by atoms with Crippen LogP contribution in [0.1, 0.15) is 65.2 Å². The van der Waals surface area contributed by atoms with E-state index >= 15 is 0 Å². The quantitative estimate of drug-likeness (QED) is 0.540. The Bertz CT molecular complexity index is 837. The Morgan fingerprint density at radius 3 is 2.78 bits per heavy atom. The first kappa shape index (κ1) is 21.4. The summed E-state index contributed by atoms with van der Waals surface area (Å²) in [5, 5.41) is 4.84. The van der Waals surface area contributed by atoms with Crippen molar-refractivity contribution in [1.82, 2.24) is 14.9 Å². The Hall–Kier alpha value is -1.89. The van der Waals surface area contributed by atoms with Gasteiger partial charge in [0.1, 0.15) is 4.70 Å². The molecule has 0 unspecified atom stereocenters. The summed E-state index contributed by atoms with van der Waals surface area (Å²) in [5.74, 6) is 0.666. The lowest BCUT2D eigenvalue weighted by atomic mass is 9.99. The van der Waals surface area contributed by atoms with Crippen LogP contribution in [0.2, 0.25) is 0 Å². The number of nitrogens with zero attached hydrogens (tertiary/aromatic N) is 1. The second kappa shape index (κ2) is 11.1. The second-order valence-electron chi connectivity index (χ2n) is 7.08. The standard InChI is InChI=1S/C20H31N3O3S/c1-3-5-9-15(4-2)14-21-17(24)10-7-6-8-12-23-19(25)18-16(11-13-27-18)22-20(23)26/h11,13,15H,3-10,12,14H2,1-2H3,(H,21,24)(H,22,26)/t15-/m1/s1. The Morgan fingerprint density at radius 2 is 2.04 bits per heavy atom. The topological polar surface area (TPSA) is 84.0 Å². The van der Waals surface area contributed by atoms with Crippen LogP contribution >= 0.6 is 11.3 Å². The molecule has 0 bridgehead atoms. The molecule has 2 rings (SSSR count). The number of unbranched alkanes of at least 4 members (excludes halogenated alkanes) is 3. The molecular weight excluding hydrogens is 362 g/mol. The number of hydrogen-bond donors (Lipinski definition) is 2. The highest BCUT2D eigenvalue weighted by Gasteiger charge is 2.10. The summed E-state index contributed by atoms with van der Waals surface area (Å²) in [6.07, 6.45) is 7.46. The lowest BCUT2D eigenvalue weighted by molar-refractivity contribution is -0.121. The van der Waals surface area contributed by atoms with Gasteiger partial charge in [-0.25, -0.2) is 4.79 Å². The summed E-state index contributed by atoms with van der Waals surface area (Å²) in [7, 11) is 0. The summed E-state index contributed by atoms with van der Waals surface area (Å²) < 4.78 is 1.85. The van der Waals surface area contributed by atoms with Gasteiger partial charge in [-0.05, 0) is 36.6 Å². The van der Waals surface area contributed by atoms with Crippen LogP contribution in [0.3, 0.4) is 0 Å². The number of H-pyrrole nitrogens is 1. The van der Waals surface area contributed by atoms with Crippen molar-refractivity contribution in [2.75, 3.05) is 6.54 Å². The van der Waals surface area contributed by atoms with Gasteiger partial charge in [-0.1, -0.05) is 39.5 Å². The SMILES string of the molecule is CCCC[C@@H](CC)CNC(=O)CCCCCn1c(=O)[nH]c2ccsc2c1=O. The maximum absolute atomic E-state index is 12.3. The van der Waals surface area contributed by atoms with E-state index < -0.39 is 0 Å². The van der Waals surface area contributed by atoms with Gasteiger partial charge in [-0.3, -0.25) is 14.2 Å². The molecule has 2 aromatic rings. The fourth-order valence-corrected chi connectivity index (χ4v) is 3.99. The molecule has 1 atom stereocenters. The molecule has 0 fully saturated rings. The molecule has 2 aromatic heterocycles. The number of rotatable bonds is 12. The van der Waals surface area contributed by atoms with Crippen molar-refractivity contribution in [2.45, 2.75) is 71.8 Å². The molecular formula is C20H31N3O3S. The molecule has 0 saturated carbocycles. The van der Waals surface area contributed by atoms with Crippen molar-refractivity contribution in [2.24, 2.45) is 5.92 Å². The summed E-state index contributed by atoms with van der Waals surface area (Å²) in [6, 6.07) is 1.75. The molecule has 150 valence electrons. The Kier molecular flexibility index (Phi) is 8.78. The molecule has 2 heterocycles. The summed E-state index contributed by atoms with van der Waals surface area (Å²) in [5.41, 5.74) is 0.0211. The first-order valence-corrected chi connectivity index (χ1v) is 10.9. The van der Waals surface area contributed by atoms with Crippen molar-refractivity contribution in [3.8, 4) is 0 Å². The molecule has 1 amide bonds. The van der Waals surface area contributed by atoms with Gasteiger partial charge in [0.2, 0.25) is 5.91 Å². The first-order chi connectivity index (χ1) is 13.1. The van der Waals surface area contributed by atoms with Crippen molar-refractivity contribution in [3.05, 3.63) is 32.3 Å². The van der Waals surface area contributed by atoms with E-state index in [1.165, 1.54) is 35.2 Å². The number of aromatic nitrogens is 2. The Morgan fingerprint density at radius 1 is 1.22 bits per heavy atom. The normalized spacial score (nSPS) is 12.4. The van der Waals surface area contributed by atoms with Crippen molar-refractivity contribution in [3.63, 3.8) is 0 Å². The monoisotopic (exact) mass is 393 g/mol. The minimum absolute atomic E-state index is 0.0972. The van der Waals surface area contributed by atoms with Crippen molar-refractivity contribution >= 4 is 27.5 Å². The van der Waals surface area contributed by atoms with Crippen LogP contribution in [0, 0.1) is 5.92 Å². The second-order valence-corrected chi connectivity index (χ2v) is 8.00.